The first kappa shape index (κ1) is 47.0. The second-order valence-corrected chi connectivity index (χ2v) is 8.61. The molecule has 0 fully saturated rings. The molecule has 0 N–H and O–H groups in total. The third-order valence-electron chi connectivity index (χ3n) is 4.74. The van der Waals surface area contributed by atoms with Crippen molar-refractivity contribution in [3.8, 4) is 0 Å². The Kier molecular flexibility index (Phi) is 14.8. The van der Waals surface area contributed by atoms with Crippen LogP contribution in [0.3, 0.4) is 0 Å². The van der Waals surface area contributed by atoms with E-state index in [-0.39, 0.29) is 12.2 Å². The van der Waals surface area contributed by atoms with Gasteiger partial charge in [-0.25, -0.2) is 9.59 Å². The first-order valence-electron chi connectivity index (χ1n) is 11.6. The lowest BCUT2D eigenvalue weighted by Gasteiger charge is -2.34. The van der Waals surface area contributed by atoms with Crippen molar-refractivity contribution in [3.05, 3.63) is 12.2 Å². The van der Waals surface area contributed by atoms with Crippen LogP contribution in [0, 0.1) is 0 Å². The molecule has 0 aliphatic carbocycles. The van der Waals surface area contributed by atoms with E-state index in [4.69, 9.17) is 0 Å². The van der Waals surface area contributed by atoms with Crippen LogP contribution < -0.4 is 0 Å². The highest BCUT2D eigenvalue weighted by molar-refractivity contribution is 5.91. The van der Waals surface area contributed by atoms with Crippen molar-refractivity contribution in [1.29, 1.82) is 0 Å². The minimum absolute atomic E-state index is 0.0637. The summed E-state index contributed by atoms with van der Waals surface area (Å²) >= 11 is 0. The average molecular weight is 800 g/mol. The largest absolute Gasteiger partial charge is 0.462 e. The molecule has 0 aliphatic rings. The van der Waals surface area contributed by atoms with E-state index in [1.807, 2.05) is 0 Å². The van der Waals surface area contributed by atoms with E-state index >= 15 is 0 Å². The van der Waals surface area contributed by atoms with E-state index < -0.39 is 112 Å². The van der Waals surface area contributed by atoms with Gasteiger partial charge in [0, 0.05) is 12.2 Å². The lowest BCUT2D eigenvalue weighted by Crippen LogP contribution is -2.60. The second-order valence-electron chi connectivity index (χ2n) is 8.61. The Morgan fingerprint density at radius 2 is 0.660 bits per heavy atom. The van der Waals surface area contributed by atoms with Crippen LogP contribution in [0.1, 0.15) is 0 Å². The van der Waals surface area contributed by atoms with E-state index in [2.05, 4.69) is 28.4 Å². The van der Waals surface area contributed by atoms with Gasteiger partial charge in [-0.3, -0.25) is 9.47 Å². The molecule has 296 valence electrons. The van der Waals surface area contributed by atoms with E-state index in [1.165, 1.54) is 0 Å². The fourth-order valence-electron chi connectivity index (χ4n) is 2.24. The minimum Gasteiger partial charge on any atom is -0.460 e. The molecule has 8 nitrogen and oxygen atoms in total. The number of esters is 2. The molecule has 0 aromatic rings. The first-order chi connectivity index (χ1) is 21.9. The van der Waals surface area contributed by atoms with E-state index in [0.717, 1.165) is 0 Å². The standard InChI is InChI=1S/C20H14F22O8/c21-11(15(27,28)29,49-19(39,40)13(23,24)17(33,34)35)7-45-3-5-47-9(43)1-2-10(44)48-6-4-46-8-12(22,16(30,31)32)50-20(41,42)14(25,26)18(36,37)38/h1-2H,3-8H2/b2-1-. The van der Waals surface area contributed by atoms with Crippen LogP contribution in [0.5, 0.6) is 0 Å². The van der Waals surface area contributed by atoms with Crippen molar-refractivity contribution in [2.75, 3.05) is 39.6 Å². The summed E-state index contributed by atoms with van der Waals surface area (Å²) in [5.74, 6) is -30.1. The molecule has 0 aromatic carbocycles. The maximum atomic E-state index is 13.9. The number of carbonyl (C=O) groups excluding carboxylic acids is 2. The first-order valence-corrected chi connectivity index (χ1v) is 11.6. The average Bonchev–Trinajstić information content (AvgIpc) is 2.88. The van der Waals surface area contributed by atoms with Crippen molar-refractivity contribution in [3.63, 3.8) is 0 Å². The summed E-state index contributed by atoms with van der Waals surface area (Å²) in [6.07, 6.45) is -42.1. The second kappa shape index (κ2) is 15.7. The van der Waals surface area contributed by atoms with E-state index in [0.29, 0.717) is 0 Å². The lowest BCUT2D eigenvalue weighted by atomic mass is 10.2. The molecule has 0 aliphatic heterocycles. The zero-order chi connectivity index (χ0) is 40.1. The summed E-state index contributed by atoms with van der Waals surface area (Å²) in [5, 5.41) is 0. The highest BCUT2D eigenvalue weighted by Crippen LogP contribution is 2.52. The molecular weight excluding hydrogens is 786 g/mol. The fourth-order valence-corrected chi connectivity index (χ4v) is 2.24. The maximum Gasteiger partial charge on any atom is 0.462 e. The molecule has 0 bridgehead atoms. The van der Waals surface area contributed by atoms with Gasteiger partial charge in [-0.15, -0.1) is 0 Å². The third-order valence-corrected chi connectivity index (χ3v) is 4.74. The molecule has 0 heterocycles. The Hall–Kier alpha value is -3.02. The van der Waals surface area contributed by atoms with Crippen LogP contribution in [-0.4, -0.2) is 112 Å². The molecule has 0 rings (SSSR count). The molecule has 0 saturated heterocycles. The molecule has 0 radical (unpaired) electrons. The Balaban J connectivity index is 4.94. The lowest BCUT2D eigenvalue weighted by molar-refractivity contribution is -0.486. The van der Waals surface area contributed by atoms with Gasteiger partial charge in [-0.1, -0.05) is 0 Å². The number of rotatable bonds is 18. The molecular formula is C20H14F22O8. The van der Waals surface area contributed by atoms with Gasteiger partial charge in [0.15, 0.2) is 0 Å². The Bertz CT molecular complexity index is 1070. The van der Waals surface area contributed by atoms with Crippen LogP contribution in [0.15, 0.2) is 12.2 Å². The predicted molar refractivity (Wildman–Crippen MR) is 107 cm³/mol. The Labute approximate surface area is 260 Å². The van der Waals surface area contributed by atoms with Gasteiger partial charge in [0.25, 0.3) is 0 Å². The summed E-state index contributed by atoms with van der Waals surface area (Å²) in [4.78, 5) is 22.7. The number of ether oxygens (including phenoxy) is 6. The fraction of sp³-hybridized carbons (Fsp3) is 0.800. The van der Waals surface area contributed by atoms with Crippen molar-refractivity contribution in [2.24, 2.45) is 0 Å². The van der Waals surface area contributed by atoms with Gasteiger partial charge in [0.05, 0.1) is 13.2 Å². The summed E-state index contributed by atoms with van der Waals surface area (Å²) in [6.45, 7) is -11.2. The van der Waals surface area contributed by atoms with E-state index in [9.17, 15) is 106 Å². The van der Waals surface area contributed by atoms with Crippen molar-refractivity contribution in [2.45, 2.75) is 60.5 Å². The van der Waals surface area contributed by atoms with Gasteiger partial charge in [0.2, 0.25) is 0 Å². The number of alkyl halides is 22. The van der Waals surface area contributed by atoms with E-state index in [1.54, 1.807) is 0 Å². The Morgan fingerprint density at radius 1 is 0.400 bits per heavy atom. The quantitative estimate of drug-likeness (QED) is 0.0653. The molecule has 50 heavy (non-hydrogen) atoms. The third kappa shape index (κ3) is 11.8. The molecule has 0 spiro atoms. The minimum atomic E-state index is -7.34. The number of hydrogen-bond donors (Lipinski definition) is 0. The van der Waals surface area contributed by atoms with Gasteiger partial charge >= 0.3 is 72.4 Å². The van der Waals surface area contributed by atoms with Crippen LogP contribution in [0.25, 0.3) is 0 Å². The molecule has 30 heteroatoms. The van der Waals surface area contributed by atoms with Gasteiger partial charge in [0.1, 0.15) is 26.4 Å². The summed E-state index contributed by atoms with van der Waals surface area (Å²) in [7, 11) is 0. The molecule has 0 saturated carbocycles. The van der Waals surface area contributed by atoms with Gasteiger partial charge in [-0.05, 0) is 0 Å². The van der Waals surface area contributed by atoms with Crippen molar-refractivity contribution >= 4 is 11.9 Å². The highest BCUT2D eigenvalue weighted by atomic mass is 19.4. The zero-order valence-electron chi connectivity index (χ0n) is 23.0. The summed E-state index contributed by atoms with van der Waals surface area (Å²) in [5.41, 5.74) is 0. The Morgan fingerprint density at radius 3 is 0.880 bits per heavy atom. The van der Waals surface area contributed by atoms with Crippen LogP contribution in [0.4, 0.5) is 96.6 Å². The van der Waals surface area contributed by atoms with Gasteiger partial charge < -0.3 is 18.9 Å². The molecule has 0 aromatic heterocycles. The van der Waals surface area contributed by atoms with Gasteiger partial charge in [-0.2, -0.15) is 96.6 Å². The van der Waals surface area contributed by atoms with Crippen LogP contribution in [-0.2, 0) is 38.0 Å². The number of halogens is 22. The molecule has 0 amide bonds. The number of carbonyl (C=O) groups is 2. The highest BCUT2D eigenvalue weighted by Gasteiger charge is 2.79. The number of hydrogen-bond acceptors (Lipinski definition) is 8. The van der Waals surface area contributed by atoms with Crippen molar-refractivity contribution < 1.29 is 135 Å². The summed E-state index contributed by atoms with van der Waals surface area (Å²) in [6, 6.07) is 0. The zero-order valence-corrected chi connectivity index (χ0v) is 23.0. The normalized spacial score (nSPS) is 17.0. The SMILES string of the molecule is O=C(/C=C\C(=O)OCCOCC(F)(OC(F)(F)C(F)(F)C(F)(F)F)C(F)(F)F)OCCOCC(F)(OC(F)(F)C(F)(F)C(F)(F)F)C(F)(F)F. The molecule has 2 unspecified atom stereocenters. The van der Waals surface area contributed by atoms with Crippen LogP contribution in [0.2, 0.25) is 0 Å². The smallest absolute Gasteiger partial charge is 0.460 e. The predicted octanol–water partition coefficient (Wildman–Crippen LogP) is 6.73. The monoisotopic (exact) mass is 800 g/mol. The molecule has 2 atom stereocenters. The summed E-state index contributed by atoms with van der Waals surface area (Å²) < 4.78 is 300. The maximum absolute atomic E-state index is 13.9. The topological polar surface area (TPSA) is 89.5 Å². The van der Waals surface area contributed by atoms with Crippen molar-refractivity contribution in [1.82, 2.24) is 0 Å². The van der Waals surface area contributed by atoms with Crippen LogP contribution >= 0.6 is 0 Å².